The molecule has 0 amide bonds. The van der Waals surface area contributed by atoms with Crippen molar-refractivity contribution >= 4 is 0 Å². The smallest absolute Gasteiger partial charge is 0.0131 e. The summed E-state index contributed by atoms with van der Waals surface area (Å²) in [6, 6.07) is 0. The second-order valence-corrected chi connectivity index (χ2v) is 7.74. The van der Waals surface area contributed by atoms with E-state index < -0.39 is 0 Å². The minimum atomic E-state index is 0.541. The van der Waals surface area contributed by atoms with Crippen molar-refractivity contribution in [2.45, 2.75) is 59.3 Å². The Hall–Kier alpha value is -0.520. The second-order valence-electron chi connectivity index (χ2n) is 7.74. The van der Waals surface area contributed by atoms with E-state index in [0.717, 1.165) is 29.6 Å². The van der Waals surface area contributed by atoms with Crippen LogP contribution in [0.25, 0.3) is 0 Å². The van der Waals surface area contributed by atoms with Crippen LogP contribution in [-0.4, -0.2) is 0 Å². The maximum Gasteiger partial charge on any atom is -0.0131 e. The number of hydrogen-bond acceptors (Lipinski definition) is 0. The molecule has 0 radical (unpaired) electrons. The Labute approximate surface area is 119 Å². The lowest BCUT2D eigenvalue weighted by Gasteiger charge is -2.41. The van der Waals surface area contributed by atoms with E-state index in [1.807, 2.05) is 0 Å². The van der Waals surface area contributed by atoms with Crippen molar-refractivity contribution in [1.29, 1.82) is 0 Å². The van der Waals surface area contributed by atoms with Gasteiger partial charge in [0.1, 0.15) is 0 Å². The second kappa shape index (κ2) is 5.11. The molecule has 0 bridgehead atoms. The van der Waals surface area contributed by atoms with Gasteiger partial charge in [-0.2, -0.15) is 0 Å². The summed E-state index contributed by atoms with van der Waals surface area (Å²) < 4.78 is 0. The molecule has 0 aliphatic heterocycles. The fourth-order valence-corrected chi connectivity index (χ4v) is 5.37. The first kappa shape index (κ1) is 13.5. The minimum absolute atomic E-state index is 0.541. The average molecular weight is 258 g/mol. The predicted octanol–water partition coefficient (Wildman–Crippen LogP) is 5.61. The summed E-state index contributed by atoms with van der Waals surface area (Å²) in [5.41, 5.74) is 0.541. The summed E-state index contributed by atoms with van der Waals surface area (Å²) in [6.45, 7) is 7.54. The van der Waals surface area contributed by atoms with E-state index in [1.165, 1.54) is 38.5 Å². The molecule has 4 unspecified atom stereocenters. The van der Waals surface area contributed by atoms with Crippen LogP contribution in [0, 0.1) is 35.0 Å². The largest absolute Gasteiger partial charge is 0.0806 e. The normalized spacial score (nSPS) is 38.9. The van der Waals surface area contributed by atoms with Crippen molar-refractivity contribution in [3.05, 3.63) is 24.3 Å². The highest BCUT2D eigenvalue weighted by Crippen LogP contribution is 2.57. The molecular weight excluding hydrogens is 228 g/mol. The van der Waals surface area contributed by atoms with Gasteiger partial charge in [0.2, 0.25) is 0 Å². The molecule has 2 saturated carbocycles. The molecule has 0 aromatic carbocycles. The highest BCUT2D eigenvalue weighted by atomic mass is 14.5. The van der Waals surface area contributed by atoms with Crippen LogP contribution in [-0.2, 0) is 0 Å². The third kappa shape index (κ3) is 2.22. The molecule has 0 spiro atoms. The lowest BCUT2D eigenvalue weighted by atomic mass is 9.64. The van der Waals surface area contributed by atoms with Gasteiger partial charge in [0, 0.05) is 0 Å². The van der Waals surface area contributed by atoms with Gasteiger partial charge in [-0.3, -0.25) is 0 Å². The minimum Gasteiger partial charge on any atom is -0.0806 e. The number of fused-ring (bicyclic) bond motifs is 1. The van der Waals surface area contributed by atoms with Crippen LogP contribution in [0.15, 0.2) is 24.3 Å². The molecule has 0 saturated heterocycles. The first-order valence-electron chi connectivity index (χ1n) is 8.49. The van der Waals surface area contributed by atoms with Crippen LogP contribution in [0.2, 0.25) is 0 Å². The van der Waals surface area contributed by atoms with Crippen LogP contribution >= 0.6 is 0 Å². The zero-order valence-electron chi connectivity index (χ0n) is 12.9. The third-order valence-electron chi connectivity index (χ3n) is 6.68. The third-order valence-corrected chi connectivity index (χ3v) is 6.68. The first-order chi connectivity index (χ1) is 9.14. The molecule has 0 aromatic rings. The molecule has 4 atom stereocenters. The summed E-state index contributed by atoms with van der Waals surface area (Å²) in [5.74, 6) is 4.47. The first-order valence-corrected chi connectivity index (χ1v) is 8.49. The van der Waals surface area contributed by atoms with Gasteiger partial charge in [-0.15, -0.1) is 0 Å². The van der Waals surface area contributed by atoms with Gasteiger partial charge in [-0.25, -0.2) is 0 Å². The SMILES string of the molecule is CCC1CC(C(C)(C)C2CCCC2)C2C=CC=CC12. The molecule has 3 aliphatic carbocycles. The molecule has 0 N–H and O–H groups in total. The van der Waals surface area contributed by atoms with Crippen molar-refractivity contribution < 1.29 is 0 Å². The lowest BCUT2D eigenvalue weighted by Crippen LogP contribution is -2.34. The number of allylic oxidation sites excluding steroid dienone is 4. The number of rotatable bonds is 3. The fourth-order valence-electron chi connectivity index (χ4n) is 5.37. The molecular formula is C19H30. The van der Waals surface area contributed by atoms with E-state index in [0.29, 0.717) is 5.41 Å². The summed E-state index contributed by atoms with van der Waals surface area (Å²) in [4.78, 5) is 0. The summed E-state index contributed by atoms with van der Waals surface area (Å²) in [5, 5.41) is 0. The molecule has 3 aliphatic rings. The molecule has 3 rings (SSSR count). The Morgan fingerprint density at radius 1 is 1.00 bits per heavy atom. The maximum absolute atomic E-state index is 2.58. The standard InChI is InChI=1S/C19H30/c1-4-14-13-18(17-12-8-7-11-16(14)17)19(2,3)15-9-5-6-10-15/h7-8,11-12,14-18H,4-6,9-10,13H2,1-3H3. The van der Waals surface area contributed by atoms with E-state index in [4.69, 9.17) is 0 Å². The Bertz CT molecular complexity index is 367. The van der Waals surface area contributed by atoms with Crippen molar-refractivity contribution in [2.24, 2.45) is 35.0 Å². The predicted molar refractivity (Wildman–Crippen MR) is 82.9 cm³/mol. The van der Waals surface area contributed by atoms with Crippen LogP contribution in [0.5, 0.6) is 0 Å². The fraction of sp³-hybridized carbons (Fsp3) is 0.789. The van der Waals surface area contributed by atoms with Crippen LogP contribution in [0.3, 0.4) is 0 Å². The van der Waals surface area contributed by atoms with E-state index in [2.05, 4.69) is 45.1 Å². The molecule has 0 nitrogen and oxygen atoms in total. The Morgan fingerprint density at radius 2 is 1.63 bits per heavy atom. The molecule has 0 heteroatoms. The molecule has 0 aromatic heterocycles. The monoisotopic (exact) mass is 258 g/mol. The van der Waals surface area contributed by atoms with E-state index >= 15 is 0 Å². The zero-order chi connectivity index (χ0) is 13.5. The van der Waals surface area contributed by atoms with Crippen molar-refractivity contribution in [1.82, 2.24) is 0 Å². The van der Waals surface area contributed by atoms with Crippen LogP contribution in [0.1, 0.15) is 59.3 Å². The molecule has 0 heterocycles. The van der Waals surface area contributed by atoms with E-state index in [1.54, 1.807) is 0 Å². The quantitative estimate of drug-likeness (QED) is 0.617. The van der Waals surface area contributed by atoms with Gasteiger partial charge in [0.05, 0.1) is 0 Å². The molecule has 2 fully saturated rings. The summed E-state index contributed by atoms with van der Waals surface area (Å²) in [7, 11) is 0. The van der Waals surface area contributed by atoms with Crippen LogP contribution in [0.4, 0.5) is 0 Å². The topological polar surface area (TPSA) is 0 Å². The van der Waals surface area contributed by atoms with Gasteiger partial charge in [-0.1, -0.05) is 64.3 Å². The number of hydrogen-bond donors (Lipinski definition) is 0. The van der Waals surface area contributed by atoms with Crippen LogP contribution < -0.4 is 0 Å². The summed E-state index contributed by atoms with van der Waals surface area (Å²) >= 11 is 0. The highest BCUT2D eigenvalue weighted by Gasteiger charge is 2.49. The van der Waals surface area contributed by atoms with Crippen molar-refractivity contribution in [3.8, 4) is 0 Å². The zero-order valence-corrected chi connectivity index (χ0v) is 12.9. The van der Waals surface area contributed by atoms with Crippen molar-refractivity contribution in [2.75, 3.05) is 0 Å². The molecule has 106 valence electrons. The Balaban J connectivity index is 1.83. The van der Waals surface area contributed by atoms with Gasteiger partial charge >= 0.3 is 0 Å². The van der Waals surface area contributed by atoms with Gasteiger partial charge in [0.25, 0.3) is 0 Å². The summed E-state index contributed by atoms with van der Waals surface area (Å²) in [6.07, 6.45) is 18.4. The van der Waals surface area contributed by atoms with E-state index in [9.17, 15) is 0 Å². The highest BCUT2D eigenvalue weighted by molar-refractivity contribution is 5.20. The van der Waals surface area contributed by atoms with E-state index in [-0.39, 0.29) is 0 Å². The Morgan fingerprint density at radius 3 is 2.26 bits per heavy atom. The average Bonchev–Trinajstić information content (AvgIpc) is 3.07. The maximum atomic E-state index is 2.58. The van der Waals surface area contributed by atoms with Gasteiger partial charge < -0.3 is 0 Å². The van der Waals surface area contributed by atoms with Crippen molar-refractivity contribution in [3.63, 3.8) is 0 Å². The Kier molecular flexibility index (Phi) is 3.62. The molecule has 19 heavy (non-hydrogen) atoms. The lowest BCUT2D eigenvalue weighted by molar-refractivity contribution is 0.0949. The van der Waals surface area contributed by atoms with Gasteiger partial charge in [-0.05, 0) is 54.3 Å². The van der Waals surface area contributed by atoms with Gasteiger partial charge in [0.15, 0.2) is 0 Å².